The number of halogens is 1. The molecule has 0 saturated carbocycles. The van der Waals surface area contributed by atoms with Crippen molar-refractivity contribution in [2.75, 3.05) is 40.0 Å². The van der Waals surface area contributed by atoms with Crippen LogP contribution in [-0.2, 0) is 20.7 Å². The normalized spacial score (nSPS) is 14.9. The first-order valence-electron chi connectivity index (χ1n) is 11.5. The number of benzene rings is 2. The quantitative estimate of drug-likeness (QED) is 0.415. The first kappa shape index (κ1) is 25.2. The summed E-state index contributed by atoms with van der Waals surface area (Å²) in [6.45, 7) is 3.11. The number of carbonyl (C=O) groups excluding carboxylic acids is 2. The number of thiophene rings is 1. The summed E-state index contributed by atoms with van der Waals surface area (Å²) in [4.78, 5) is 31.4. The van der Waals surface area contributed by atoms with Crippen LogP contribution >= 0.6 is 22.9 Å². The van der Waals surface area contributed by atoms with Gasteiger partial charge in [0.25, 0.3) is 5.91 Å². The first-order valence-corrected chi connectivity index (χ1v) is 12.8. The number of fused-ring (bicyclic) bond motifs is 1. The van der Waals surface area contributed by atoms with Crippen molar-refractivity contribution in [1.82, 2.24) is 9.80 Å². The molecule has 0 spiro atoms. The molecule has 2 aromatic carbocycles. The second kappa shape index (κ2) is 11.7. The van der Waals surface area contributed by atoms with Gasteiger partial charge in [0.2, 0.25) is 5.91 Å². The summed E-state index contributed by atoms with van der Waals surface area (Å²) < 4.78 is 10.8. The van der Waals surface area contributed by atoms with Crippen LogP contribution in [0, 0.1) is 6.92 Å². The van der Waals surface area contributed by atoms with Gasteiger partial charge >= 0.3 is 0 Å². The highest BCUT2D eigenvalue weighted by Gasteiger charge is 2.34. The molecule has 184 valence electrons. The summed E-state index contributed by atoms with van der Waals surface area (Å²) >= 11 is 7.65. The fourth-order valence-electron chi connectivity index (χ4n) is 4.33. The van der Waals surface area contributed by atoms with E-state index in [1.54, 1.807) is 42.7 Å². The summed E-state index contributed by atoms with van der Waals surface area (Å²) in [5, 5.41) is 2.68. The molecule has 0 N–H and O–H groups in total. The van der Waals surface area contributed by atoms with Gasteiger partial charge in [-0.25, -0.2) is 0 Å². The van der Waals surface area contributed by atoms with E-state index < -0.39 is 0 Å². The van der Waals surface area contributed by atoms with Crippen LogP contribution in [0.25, 0.3) is 0 Å². The molecule has 2 heterocycles. The van der Waals surface area contributed by atoms with E-state index >= 15 is 0 Å². The lowest BCUT2D eigenvalue weighted by Crippen LogP contribution is -2.48. The standard InChI is InChI=1S/C27H29ClN2O4S/c1-19-5-3-4-6-22(19)27-23-12-16-35-24(23)11-13-30(27)25(31)17-29(14-15-33-2)26(32)18-34-21-9-7-20(28)8-10-21/h3-10,12,16,27H,11,13-15,17-18H2,1-2H3. The number of methoxy groups -OCH3 is 1. The summed E-state index contributed by atoms with van der Waals surface area (Å²) in [5.41, 5.74) is 3.42. The lowest BCUT2D eigenvalue weighted by atomic mass is 9.90. The third kappa shape index (κ3) is 6.04. The highest BCUT2D eigenvalue weighted by atomic mass is 35.5. The number of ether oxygens (including phenoxy) is 2. The van der Waals surface area contributed by atoms with Gasteiger partial charge in [-0.15, -0.1) is 11.3 Å². The van der Waals surface area contributed by atoms with E-state index in [9.17, 15) is 9.59 Å². The number of aryl methyl sites for hydroxylation is 1. The summed E-state index contributed by atoms with van der Waals surface area (Å²) in [5.74, 6) is 0.179. The third-order valence-corrected chi connectivity index (χ3v) is 7.44. The van der Waals surface area contributed by atoms with Gasteiger partial charge in [0.1, 0.15) is 5.75 Å². The number of hydrogen-bond donors (Lipinski definition) is 0. The lowest BCUT2D eigenvalue weighted by molar-refractivity contribution is -0.143. The molecule has 1 atom stereocenters. The zero-order valence-corrected chi connectivity index (χ0v) is 21.5. The summed E-state index contributed by atoms with van der Waals surface area (Å²) in [6, 6.07) is 16.9. The van der Waals surface area contributed by atoms with Crippen LogP contribution in [0.1, 0.15) is 27.6 Å². The maximum atomic E-state index is 13.7. The van der Waals surface area contributed by atoms with Gasteiger partial charge in [-0.05, 0) is 65.7 Å². The van der Waals surface area contributed by atoms with Crippen LogP contribution in [0.5, 0.6) is 5.75 Å². The maximum Gasteiger partial charge on any atom is 0.261 e. The maximum absolute atomic E-state index is 13.7. The molecule has 1 aromatic heterocycles. The highest BCUT2D eigenvalue weighted by molar-refractivity contribution is 7.10. The molecule has 0 saturated heterocycles. The monoisotopic (exact) mass is 512 g/mol. The van der Waals surface area contributed by atoms with E-state index in [2.05, 4.69) is 30.5 Å². The molecular formula is C27H29ClN2O4S. The van der Waals surface area contributed by atoms with E-state index in [0.717, 1.165) is 17.5 Å². The van der Waals surface area contributed by atoms with E-state index in [0.29, 0.717) is 30.5 Å². The topological polar surface area (TPSA) is 59.1 Å². The fraction of sp³-hybridized carbons (Fsp3) is 0.333. The molecule has 0 radical (unpaired) electrons. The molecule has 6 nitrogen and oxygen atoms in total. The second-order valence-corrected chi connectivity index (χ2v) is 9.88. The van der Waals surface area contributed by atoms with Crippen molar-refractivity contribution in [1.29, 1.82) is 0 Å². The van der Waals surface area contributed by atoms with Crippen LogP contribution in [0.3, 0.4) is 0 Å². The van der Waals surface area contributed by atoms with Crippen LogP contribution < -0.4 is 4.74 Å². The van der Waals surface area contributed by atoms with Gasteiger partial charge in [-0.2, -0.15) is 0 Å². The Morgan fingerprint density at radius 2 is 1.89 bits per heavy atom. The molecule has 0 fully saturated rings. The minimum absolute atomic E-state index is 0.0337. The van der Waals surface area contributed by atoms with Gasteiger partial charge < -0.3 is 19.3 Å². The number of rotatable bonds is 9. The largest absolute Gasteiger partial charge is 0.484 e. The van der Waals surface area contributed by atoms with Crippen LogP contribution in [0.2, 0.25) is 5.02 Å². The molecule has 3 aromatic rings. The van der Waals surface area contributed by atoms with Crippen molar-refractivity contribution in [2.24, 2.45) is 0 Å². The molecule has 4 rings (SSSR count). The Hall–Kier alpha value is -2.87. The van der Waals surface area contributed by atoms with Crippen LogP contribution in [-0.4, -0.2) is 61.6 Å². The van der Waals surface area contributed by atoms with E-state index in [1.165, 1.54) is 15.3 Å². The molecule has 0 bridgehead atoms. The Morgan fingerprint density at radius 3 is 2.63 bits per heavy atom. The van der Waals surface area contributed by atoms with E-state index in [-0.39, 0.29) is 31.0 Å². The van der Waals surface area contributed by atoms with Gasteiger partial charge in [-0.1, -0.05) is 35.9 Å². The second-order valence-electron chi connectivity index (χ2n) is 8.45. The van der Waals surface area contributed by atoms with Crippen molar-refractivity contribution in [3.63, 3.8) is 0 Å². The fourth-order valence-corrected chi connectivity index (χ4v) is 5.36. The van der Waals surface area contributed by atoms with Gasteiger partial charge in [0.15, 0.2) is 6.61 Å². The van der Waals surface area contributed by atoms with Gasteiger partial charge in [0.05, 0.1) is 19.2 Å². The Labute approximate surface area is 215 Å². The lowest BCUT2D eigenvalue weighted by Gasteiger charge is -2.38. The predicted molar refractivity (Wildman–Crippen MR) is 138 cm³/mol. The number of carbonyl (C=O) groups is 2. The smallest absolute Gasteiger partial charge is 0.261 e. The van der Waals surface area contributed by atoms with E-state index in [1.807, 2.05) is 17.0 Å². The average molecular weight is 513 g/mol. The summed E-state index contributed by atoms with van der Waals surface area (Å²) in [6.07, 6.45) is 0.812. The molecule has 1 aliphatic heterocycles. The minimum Gasteiger partial charge on any atom is -0.484 e. The average Bonchev–Trinajstić information content (AvgIpc) is 3.35. The SMILES string of the molecule is COCCN(CC(=O)N1CCc2sccc2C1c1ccccc1C)C(=O)COc1ccc(Cl)cc1. The Balaban J connectivity index is 1.51. The van der Waals surface area contributed by atoms with Crippen molar-refractivity contribution in [2.45, 2.75) is 19.4 Å². The van der Waals surface area contributed by atoms with Crippen LogP contribution in [0.15, 0.2) is 60.0 Å². The first-order chi connectivity index (χ1) is 17.0. The zero-order valence-electron chi connectivity index (χ0n) is 19.9. The Bertz CT molecular complexity index is 1160. The number of nitrogens with zero attached hydrogens (tertiary/aromatic N) is 2. The zero-order chi connectivity index (χ0) is 24.8. The Kier molecular flexibility index (Phi) is 8.44. The molecular weight excluding hydrogens is 484 g/mol. The molecule has 2 amide bonds. The molecule has 0 aliphatic carbocycles. The minimum atomic E-state index is -0.272. The van der Waals surface area contributed by atoms with Gasteiger partial charge in [-0.3, -0.25) is 9.59 Å². The number of amides is 2. The Morgan fingerprint density at radius 1 is 1.11 bits per heavy atom. The van der Waals surface area contributed by atoms with Crippen molar-refractivity contribution >= 4 is 34.8 Å². The van der Waals surface area contributed by atoms with Crippen molar-refractivity contribution < 1.29 is 19.1 Å². The molecule has 1 unspecified atom stereocenters. The highest BCUT2D eigenvalue weighted by Crippen LogP contribution is 2.39. The van der Waals surface area contributed by atoms with Crippen LogP contribution in [0.4, 0.5) is 0 Å². The predicted octanol–water partition coefficient (Wildman–Crippen LogP) is 4.74. The van der Waals surface area contributed by atoms with E-state index in [4.69, 9.17) is 21.1 Å². The molecule has 1 aliphatic rings. The van der Waals surface area contributed by atoms with Crippen molar-refractivity contribution in [3.8, 4) is 5.75 Å². The molecule has 8 heteroatoms. The van der Waals surface area contributed by atoms with Gasteiger partial charge in [0, 0.05) is 30.1 Å². The summed E-state index contributed by atoms with van der Waals surface area (Å²) in [7, 11) is 1.58. The third-order valence-electron chi connectivity index (χ3n) is 6.19. The molecule has 35 heavy (non-hydrogen) atoms. The number of hydrogen-bond acceptors (Lipinski definition) is 5. The van der Waals surface area contributed by atoms with Crippen molar-refractivity contribution in [3.05, 3.63) is 86.6 Å².